The molecule has 6 nitrogen and oxygen atoms in total. The Morgan fingerprint density at radius 1 is 1.40 bits per heavy atom. The number of halogens is 1. The molecule has 0 amide bonds. The van der Waals surface area contributed by atoms with Crippen LogP contribution in [0.2, 0.25) is 0 Å². The maximum Gasteiger partial charge on any atom is 0.340 e. The molecule has 1 aromatic heterocycles. The van der Waals surface area contributed by atoms with E-state index in [1.54, 1.807) is 12.3 Å². The van der Waals surface area contributed by atoms with E-state index >= 15 is 0 Å². The Balaban J connectivity index is 1.91. The fraction of sp³-hybridized carbons (Fsp3) is 0.389. The van der Waals surface area contributed by atoms with Crippen molar-refractivity contribution in [2.75, 3.05) is 12.8 Å². The normalized spacial score (nSPS) is 23.8. The minimum absolute atomic E-state index is 0.0617. The number of nitrogens with zero attached hydrogens (tertiary/aromatic N) is 2. The number of nitrogen functional groups attached to an aromatic ring is 1. The van der Waals surface area contributed by atoms with E-state index in [4.69, 9.17) is 7.10 Å². The van der Waals surface area contributed by atoms with Crippen molar-refractivity contribution in [2.45, 2.75) is 37.7 Å². The first kappa shape index (κ1) is 16.0. The number of methoxy groups -OCH3 is 1. The number of hydrogen-bond donors (Lipinski definition) is 2. The Labute approximate surface area is 146 Å². The molecule has 0 radical (unpaired) electrons. The van der Waals surface area contributed by atoms with Crippen molar-refractivity contribution in [1.29, 1.82) is 0 Å². The summed E-state index contributed by atoms with van der Waals surface area (Å²) in [7, 11) is 1.19. The number of hydrogen-bond acceptors (Lipinski definition) is 6. The number of ether oxygens (including phenoxy) is 1. The molecule has 0 unspecified atom stereocenters. The van der Waals surface area contributed by atoms with Crippen LogP contribution in [0.15, 0.2) is 24.4 Å². The fourth-order valence-corrected chi connectivity index (χ4v) is 3.01. The quantitative estimate of drug-likeness (QED) is 0.829. The molecule has 1 fully saturated rings. The predicted octanol–water partition coefficient (Wildman–Crippen LogP) is 2.67. The van der Waals surface area contributed by atoms with E-state index in [0.29, 0.717) is 42.6 Å². The predicted molar refractivity (Wildman–Crippen MR) is 90.4 cm³/mol. The number of anilines is 1. The highest BCUT2D eigenvalue weighted by Gasteiger charge is 2.23. The molecule has 1 aromatic carbocycles. The van der Waals surface area contributed by atoms with Crippen molar-refractivity contribution in [3.05, 3.63) is 41.5 Å². The topological polar surface area (TPSA) is 98.3 Å². The number of carbonyl (C=O) groups excluding carboxylic acids is 1. The van der Waals surface area contributed by atoms with E-state index < -0.39 is 17.9 Å². The molecule has 3 rings (SSSR count). The van der Waals surface area contributed by atoms with Gasteiger partial charge >= 0.3 is 5.97 Å². The monoisotopic (exact) mass is 346 g/mol. The van der Waals surface area contributed by atoms with Crippen LogP contribution in [-0.2, 0) is 4.74 Å². The van der Waals surface area contributed by atoms with Gasteiger partial charge in [0.15, 0.2) is 0 Å². The van der Waals surface area contributed by atoms with E-state index in [0.717, 1.165) is 0 Å². The van der Waals surface area contributed by atoms with E-state index in [1.807, 2.05) is 0 Å². The molecule has 3 N–H and O–H groups in total. The SMILES string of the molecule is [2H][C@]1(O)CC[C@H](c2cnc(N)c(-c3ccc(C(=O)OC)c(F)c3)n2)CC1. The molecule has 0 spiro atoms. The highest BCUT2D eigenvalue weighted by molar-refractivity contribution is 5.90. The smallest absolute Gasteiger partial charge is 0.340 e. The van der Waals surface area contributed by atoms with Crippen LogP contribution >= 0.6 is 0 Å². The number of esters is 1. The molecular weight excluding hydrogens is 325 g/mol. The zero-order chi connectivity index (χ0) is 18.9. The summed E-state index contributed by atoms with van der Waals surface area (Å²) in [5.74, 6) is -1.26. The van der Waals surface area contributed by atoms with Crippen LogP contribution in [0.5, 0.6) is 0 Å². The summed E-state index contributed by atoms with van der Waals surface area (Å²) in [6.45, 7) is 0. The van der Waals surface area contributed by atoms with E-state index in [1.165, 1.54) is 19.2 Å². The van der Waals surface area contributed by atoms with Crippen LogP contribution in [0.4, 0.5) is 10.2 Å². The Morgan fingerprint density at radius 2 is 2.12 bits per heavy atom. The van der Waals surface area contributed by atoms with E-state index in [9.17, 15) is 14.3 Å². The molecule has 0 bridgehead atoms. The van der Waals surface area contributed by atoms with Gasteiger partial charge in [-0.1, -0.05) is 6.07 Å². The number of benzene rings is 1. The van der Waals surface area contributed by atoms with Crippen molar-refractivity contribution in [2.24, 2.45) is 0 Å². The van der Waals surface area contributed by atoms with Gasteiger partial charge in [-0.15, -0.1) is 0 Å². The lowest BCUT2D eigenvalue weighted by Gasteiger charge is -2.25. The zero-order valence-electron chi connectivity index (χ0n) is 14.8. The van der Waals surface area contributed by atoms with Gasteiger partial charge in [0.2, 0.25) is 0 Å². The summed E-state index contributed by atoms with van der Waals surface area (Å²) in [5.41, 5.74) is 7.19. The lowest BCUT2D eigenvalue weighted by Crippen LogP contribution is -2.18. The fourth-order valence-electron chi connectivity index (χ4n) is 3.01. The number of aliphatic hydroxyl groups is 1. The summed E-state index contributed by atoms with van der Waals surface area (Å²) in [6.07, 6.45) is 2.16. The zero-order valence-corrected chi connectivity index (χ0v) is 13.8. The minimum Gasteiger partial charge on any atom is -0.465 e. The van der Waals surface area contributed by atoms with E-state index in [-0.39, 0.29) is 17.3 Å². The molecule has 1 aliphatic rings. The van der Waals surface area contributed by atoms with Gasteiger partial charge in [-0.3, -0.25) is 0 Å². The van der Waals surface area contributed by atoms with Crippen LogP contribution in [-0.4, -0.2) is 34.2 Å². The third kappa shape index (κ3) is 3.61. The van der Waals surface area contributed by atoms with Gasteiger partial charge in [-0.05, 0) is 37.8 Å². The van der Waals surface area contributed by atoms with Gasteiger partial charge < -0.3 is 15.6 Å². The van der Waals surface area contributed by atoms with Gasteiger partial charge in [0, 0.05) is 11.5 Å². The molecule has 7 heteroatoms. The molecule has 1 aliphatic carbocycles. The third-order valence-electron chi connectivity index (χ3n) is 4.45. The standard InChI is InChI=1S/C18H20FN3O3/c1-25-18(24)13-7-4-11(8-14(13)19)16-17(20)21-9-15(22-16)10-2-5-12(23)6-3-10/h4,7-10,12,23H,2-3,5-6H2,1H3,(H2,20,21)/t10-,12-/i12D. The highest BCUT2D eigenvalue weighted by atomic mass is 19.1. The number of rotatable bonds is 3. The van der Waals surface area contributed by atoms with Gasteiger partial charge in [0.05, 0.1) is 32.0 Å². The Bertz CT molecular complexity index is 834. The summed E-state index contributed by atoms with van der Waals surface area (Å²) >= 11 is 0. The summed E-state index contributed by atoms with van der Waals surface area (Å²) in [5, 5.41) is 9.77. The lowest BCUT2D eigenvalue weighted by molar-refractivity contribution is 0.0595. The van der Waals surface area contributed by atoms with Crippen molar-refractivity contribution in [1.82, 2.24) is 9.97 Å². The molecule has 0 atom stereocenters. The molecule has 1 saturated carbocycles. The second-order valence-electron chi connectivity index (χ2n) is 6.06. The Morgan fingerprint density at radius 3 is 2.76 bits per heavy atom. The summed E-state index contributed by atoms with van der Waals surface area (Å²) in [4.78, 5) is 20.2. The van der Waals surface area contributed by atoms with Crippen molar-refractivity contribution in [3.63, 3.8) is 0 Å². The van der Waals surface area contributed by atoms with Crippen LogP contribution < -0.4 is 5.73 Å². The average Bonchev–Trinajstić information content (AvgIpc) is 2.61. The van der Waals surface area contributed by atoms with Crippen LogP contribution in [0.3, 0.4) is 0 Å². The van der Waals surface area contributed by atoms with Crippen molar-refractivity contribution in [3.8, 4) is 11.3 Å². The second-order valence-corrected chi connectivity index (χ2v) is 6.06. The van der Waals surface area contributed by atoms with Crippen LogP contribution in [0, 0.1) is 5.82 Å². The first-order valence-corrected chi connectivity index (χ1v) is 8.04. The Hall–Kier alpha value is -2.54. The van der Waals surface area contributed by atoms with Crippen molar-refractivity contribution >= 4 is 11.8 Å². The largest absolute Gasteiger partial charge is 0.465 e. The molecule has 2 aromatic rings. The van der Waals surface area contributed by atoms with Crippen molar-refractivity contribution < 1.29 is 20.4 Å². The number of aromatic nitrogens is 2. The minimum atomic E-state index is -1.38. The van der Waals surface area contributed by atoms with Crippen LogP contribution in [0.1, 0.15) is 49.0 Å². The maximum absolute atomic E-state index is 14.2. The molecular formula is C18H20FN3O3. The van der Waals surface area contributed by atoms with Gasteiger partial charge in [0.1, 0.15) is 17.3 Å². The highest BCUT2D eigenvalue weighted by Crippen LogP contribution is 2.33. The molecule has 132 valence electrons. The first-order chi connectivity index (χ1) is 12.3. The van der Waals surface area contributed by atoms with Gasteiger partial charge in [0.25, 0.3) is 0 Å². The Kier molecular flexibility index (Phi) is 4.56. The van der Waals surface area contributed by atoms with Gasteiger partial charge in [-0.2, -0.15) is 0 Å². The number of nitrogens with two attached hydrogens (primary N) is 1. The third-order valence-corrected chi connectivity index (χ3v) is 4.45. The first-order valence-electron chi connectivity index (χ1n) is 8.54. The summed E-state index contributed by atoms with van der Waals surface area (Å²) in [6, 6.07) is 4.05. The molecule has 0 aliphatic heterocycles. The molecule has 0 saturated heterocycles. The second kappa shape index (κ2) is 7.14. The average molecular weight is 346 g/mol. The van der Waals surface area contributed by atoms with Crippen LogP contribution in [0.25, 0.3) is 11.3 Å². The van der Waals surface area contributed by atoms with Gasteiger partial charge in [-0.25, -0.2) is 19.2 Å². The molecule has 1 heterocycles. The lowest BCUT2D eigenvalue weighted by atomic mass is 9.85. The molecule has 25 heavy (non-hydrogen) atoms. The van der Waals surface area contributed by atoms with E-state index in [2.05, 4.69) is 14.7 Å². The summed E-state index contributed by atoms with van der Waals surface area (Å²) < 4.78 is 26.4. The number of carbonyl (C=O) groups is 1. The maximum atomic E-state index is 14.2.